The number of nitrogens with zero attached hydrogens (tertiary/aromatic N) is 3. The Morgan fingerprint density at radius 1 is 1.15 bits per heavy atom. The van der Waals surface area contributed by atoms with Gasteiger partial charge in [-0.25, -0.2) is 0 Å². The minimum absolute atomic E-state index is 0.0803. The molecule has 0 unspecified atom stereocenters. The van der Waals surface area contributed by atoms with Crippen molar-refractivity contribution < 1.29 is 29.9 Å². The average molecular weight is 464 g/mol. The fourth-order valence-corrected chi connectivity index (χ4v) is 4.00. The van der Waals surface area contributed by atoms with Crippen LogP contribution < -0.4 is 9.64 Å². The number of β-amino-alcohol motifs (C(OH)–C–C–N with tert-alkyl or cyclic N) is 1. The zero-order valence-electron chi connectivity index (χ0n) is 19.5. The lowest BCUT2D eigenvalue weighted by Crippen LogP contribution is -2.51. The van der Waals surface area contributed by atoms with Crippen LogP contribution in [0.2, 0.25) is 0 Å². The molecule has 33 heavy (non-hydrogen) atoms. The van der Waals surface area contributed by atoms with Gasteiger partial charge in [0.15, 0.2) is 0 Å². The van der Waals surface area contributed by atoms with Crippen LogP contribution in [0.3, 0.4) is 0 Å². The van der Waals surface area contributed by atoms with Gasteiger partial charge in [-0.1, -0.05) is 12.5 Å². The number of aliphatic hydroxyl groups is 4. The Morgan fingerprint density at radius 2 is 1.91 bits per heavy atom. The second kappa shape index (κ2) is 12.3. The largest absolute Gasteiger partial charge is 0.494 e. The second-order valence-corrected chi connectivity index (χ2v) is 8.66. The molecular formula is C24H37N3O6. The normalized spacial score (nSPS) is 24.3. The number of hydrogen-bond acceptors (Lipinski definition) is 8. The third kappa shape index (κ3) is 6.91. The zero-order valence-corrected chi connectivity index (χ0v) is 19.5. The fourth-order valence-electron chi connectivity index (χ4n) is 4.00. The van der Waals surface area contributed by atoms with E-state index in [2.05, 4.69) is 5.10 Å². The van der Waals surface area contributed by atoms with Crippen molar-refractivity contribution in [1.29, 1.82) is 0 Å². The van der Waals surface area contributed by atoms with E-state index in [1.807, 2.05) is 43.1 Å². The summed E-state index contributed by atoms with van der Waals surface area (Å²) >= 11 is 0. The summed E-state index contributed by atoms with van der Waals surface area (Å²) in [5, 5.41) is 45.8. The van der Waals surface area contributed by atoms with Gasteiger partial charge < -0.3 is 34.8 Å². The Hall–Kier alpha value is -2.17. The van der Waals surface area contributed by atoms with Gasteiger partial charge in [-0.15, -0.1) is 0 Å². The highest BCUT2D eigenvalue weighted by Crippen LogP contribution is 2.25. The minimum Gasteiger partial charge on any atom is -0.494 e. The molecule has 1 aliphatic heterocycles. The molecule has 0 radical (unpaired) electrons. The van der Waals surface area contributed by atoms with E-state index in [1.165, 1.54) is 0 Å². The molecule has 2 heterocycles. The van der Waals surface area contributed by atoms with E-state index in [4.69, 9.17) is 9.47 Å². The Kier molecular flexibility index (Phi) is 9.52. The third-order valence-electron chi connectivity index (χ3n) is 6.20. The van der Waals surface area contributed by atoms with Crippen molar-refractivity contribution in [2.45, 2.75) is 63.6 Å². The van der Waals surface area contributed by atoms with E-state index in [0.717, 1.165) is 48.4 Å². The molecule has 1 aromatic carbocycles. The molecule has 4 atom stereocenters. The molecule has 184 valence electrons. The number of aliphatic hydroxyl groups excluding tert-OH is 4. The molecule has 4 N–H and O–H groups in total. The molecule has 0 aliphatic carbocycles. The highest BCUT2D eigenvalue weighted by atomic mass is 16.5. The van der Waals surface area contributed by atoms with Gasteiger partial charge >= 0.3 is 0 Å². The van der Waals surface area contributed by atoms with E-state index in [9.17, 15) is 20.4 Å². The van der Waals surface area contributed by atoms with Gasteiger partial charge in [0.25, 0.3) is 0 Å². The molecule has 0 saturated carbocycles. The van der Waals surface area contributed by atoms with Gasteiger partial charge in [0.2, 0.25) is 0 Å². The lowest BCUT2D eigenvalue weighted by Gasteiger charge is -2.34. The van der Waals surface area contributed by atoms with Gasteiger partial charge in [-0.3, -0.25) is 4.68 Å². The summed E-state index contributed by atoms with van der Waals surface area (Å²) in [5.74, 6) is 0.749. The lowest BCUT2D eigenvalue weighted by atomic mass is 10.0. The Labute approximate surface area is 195 Å². The van der Waals surface area contributed by atoms with Gasteiger partial charge in [0, 0.05) is 49.8 Å². The first-order chi connectivity index (χ1) is 15.9. The number of benzene rings is 1. The van der Waals surface area contributed by atoms with Crippen LogP contribution in [0.15, 0.2) is 30.5 Å². The lowest BCUT2D eigenvalue weighted by molar-refractivity contribution is -0.141. The summed E-state index contributed by atoms with van der Waals surface area (Å²) in [6.07, 6.45) is 0.345. The van der Waals surface area contributed by atoms with Crippen molar-refractivity contribution >= 4 is 5.69 Å². The van der Waals surface area contributed by atoms with Gasteiger partial charge in [0.1, 0.15) is 24.1 Å². The molecular weight excluding hydrogens is 426 g/mol. The summed E-state index contributed by atoms with van der Waals surface area (Å²) in [7, 11) is 1.87. The van der Waals surface area contributed by atoms with Crippen molar-refractivity contribution in [2.24, 2.45) is 7.05 Å². The monoisotopic (exact) mass is 463 g/mol. The molecule has 0 spiro atoms. The van der Waals surface area contributed by atoms with Gasteiger partial charge in [-0.2, -0.15) is 5.10 Å². The van der Waals surface area contributed by atoms with Crippen LogP contribution >= 0.6 is 0 Å². The number of rotatable bonds is 4. The molecule has 0 amide bonds. The topological polar surface area (TPSA) is 120 Å². The maximum atomic E-state index is 10.9. The first-order valence-electron chi connectivity index (χ1n) is 11.6. The average Bonchev–Trinajstić information content (AvgIpc) is 3.13. The van der Waals surface area contributed by atoms with Crippen LogP contribution in [-0.2, 0) is 18.3 Å². The van der Waals surface area contributed by atoms with E-state index >= 15 is 0 Å². The van der Waals surface area contributed by atoms with Crippen molar-refractivity contribution in [1.82, 2.24) is 9.78 Å². The van der Waals surface area contributed by atoms with Crippen molar-refractivity contribution in [3.8, 4) is 5.75 Å². The summed E-state index contributed by atoms with van der Waals surface area (Å²) < 4.78 is 13.4. The fraction of sp³-hybridized carbons (Fsp3) is 0.625. The van der Waals surface area contributed by atoms with E-state index < -0.39 is 31.0 Å². The number of ether oxygens (including phenoxy) is 2. The zero-order chi connectivity index (χ0) is 23.8. The summed E-state index contributed by atoms with van der Waals surface area (Å²) in [5.41, 5.74) is 2.82. The summed E-state index contributed by atoms with van der Waals surface area (Å²) in [6.45, 7) is 2.89. The van der Waals surface area contributed by atoms with Crippen molar-refractivity contribution in [3.63, 3.8) is 0 Å². The Bertz CT molecular complexity index is 860. The van der Waals surface area contributed by atoms with Crippen LogP contribution in [0, 0.1) is 6.92 Å². The summed E-state index contributed by atoms with van der Waals surface area (Å²) in [4.78, 5) is 1.94. The predicted molar refractivity (Wildman–Crippen MR) is 124 cm³/mol. The minimum atomic E-state index is -1.38. The van der Waals surface area contributed by atoms with E-state index in [-0.39, 0.29) is 6.54 Å². The third-order valence-corrected chi connectivity index (χ3v) is 6.20. The van der Waals surface area contributed by atoms with Crippen LogP contribution in [0.1, 0.15) is 36.9 Å². The van der Waals surface area contributed by atoms with Crippen LogP contribution in [0.25, 0.3) is 0 Å². The smallest absolute Gasteiger partial charge is 0.121 e. The highest BCUT2D eigenvalue weighted by molar-refractivity contribution is 5.51. The Balaban J connectivity index is 1.89. The van der Waals surface area contributed by atoms with Gasteiger partial charge in [0.05, 0.1) is 25.5 Å². The Morgan fingerprint density at radius 3 is 2.61 bits per heavy atom. The van der Waals surface area contributed by atoms with Gasteiger partial charge in [-0.05, 0) is 38.3 Å². The maximum Gasteiger partial charge on any atom is 0.121 e. The first kappa shape index (κ1) is 25.5. The number of anilines is 1. The SMILES string of the molecule is Cc1c(CN2C[C@@H](O)[C@@H](O)[C@@H]([C@H](O)CO)OCCCCCCOc3cccc2c3)cnn1C. The van der Waals surface area contributed by atoms with Crippen LogP contribution in [-0.4, -0.2) is 81.0 Å². The molecule has 2 aromatic rings. The van der Waals surface area contributed by atoms with Crippen molar-refractivity contribution in [3.05, 3.63) is 41.7 Å². The number of aromatic nitrogens is 2. The molecule has 0 saturated heterocycles. The quantitative estimate of drug-likeness (QED) is 0.533. The number of aryl methyl sites for hydroxylation is 1. The molecule has 9 heteroatoms. The second-order valence-electron chi connectivity index (χ2n) is 8.66. The molecule has 1 aliphatic rings. The molecule has 0 fully saturated rings. The first-order valence-corrected chi connectivity index (χ1v) is 11.6. The van der Waals surface area contributed by atoms with Crippen molar-refractivity contribution in [2.75, 3.05) is 31.3 Å². The summed E-state index contributed by atoms with van der Waals surface area (Å²) in [6, 6.07) is 7.67. The van der Waals surface area contributed by atoms with Crippen LogP contribution in [0.5, 0.6) is 5.75 Å². The van der Waals surface area contributed by atoms with E-state index in [0.29, 0.717) is 19.8 Å². The molecule has 2 bridgehead atoms. The predicted octanol–water partition coefficient (Wildman–Crippen LogP) is 1.15. The van der Waals surface area contributed by atoms with Crippen LogP contribution in [0.4, 0.5) is 5.69 Å². The maximum absolute atomic E-state index is 10.9. The number of fused-ring (bicyclic) bond motifs is 2. The van der Waals surface area contributed by atoms with E-state index in [1.54, 1.807) is 10.9 Å². The molecule has 3 rings (SSSR count). The molecule has 1 aromatic heterocycles. The highest BCUT2D eigenvalue weighted by Gasteiger charge is 2.34. The molecule has 9 nitrogen and oxygen atoms in total. The number of hydrogen-bond donors (Lipinski definition) is 4. The standard InChI is InChI=1S/C24H37N3O6/c1-17-18(13-25-26(17)2)14-27-15-21(29)23(31)24(22(30)16-28)33-11-6-4-3-5-10-32-20-9-7-8-19(27)12-20/h7-9,12-13,21-24,28-31H,3-6,10-11,14-16H2,1-2H3/t21-,22-,23-,24-/m1/s1.